The molecule has 0 aromatic carbocycles. The highest BCUT2D eigenvalue weighted by Crippen LogP contribution is 2.34. The second kappa shape index (κ2) is 6.89. The van der Waals surface area contributed by atoms with Crippen LogP contribution in [0.4, 0.5) is 0 Å². The fourth-order valence-corrected chi connectivity index (χ4v) is 4.38. The standard InChI is InChI=1S/C18H23N3O2S/c1-11-17(12(2)20-19-11)15-7-5-4-6-8-21(15)18(23)16-9-14(10-24-16)13(3)22/h9-10,15H,4-8H2,1-3H3,(H,19,20)/t15-/m0/s1. The van der Waals surface area contributed by atoms with Gasteiger partial charge in [-0.2, -0.15) is 5.10 Å². The molecular weight excluding hydrogens is 322 g/mol. The molecule has 1 saturated heterocycles. The molecule has 0 bridgehead atoms. The number of thiophene rings is 1. The lowest BCUT2D eigenvalue weighted by molar-refractivity contribution is 0.0685. The number of hydrogen-bond donors (Lipinski definition) is 1. The number of nitrogens with one attached hydrogen (secondary N) is 1. The second-order valence-electron chi connectivity index (χ2n) is 6.47. The maximum absolute atomic E-state index is 13.1. The van der Waals surface area contributed by atoms with Crippen LogP contribution >= 0.6 is 11.3 Å². The number of amides is 1. The van der Waals surface area contributed by atoms with Crippen molar-refractivity contribution in [1.29, 1.82) is 0 Å². The molecule has 128 valence electrons. The Morgan fingerprint density at radius 2 is 2.08 bits per heavy atom. The Bertz CT molecular complexity index is 743. The fourth-order valence-electron chi connectivity index (χ4n) is 3.48. The van der Waals surface area contributed by atoms with Crippen molar-refractivity contribution in [2.24, 2.45) is 0 Å². The Morgan fingerprint density at radius 1 is 1.29 bits per heavy atom. The number of carbonyl (C=O) groups excluding carboxylic acids is 2. The molecule has 1 amide bonds. The van der Waals surface area contributed by atoms with Crippen molar-refractivity contribution in [3.63, 3.8) is 0 Å². The normalized spacial score (nSPS) is 18.5. The highest BCUT2D eigenvalue weighted by Gasteiger charge is 2.31. The minimum atomic E-state index is -0.000704. The van der Waals surface area contributed by atoms with Gasteiger partial charge in [0.05, 0.1) is 16.6 Å². The van der Waals surface area contributed by atoms with E-state index in [4.69, 9.17) is 0 Å². The first-order valence-corrected chi connectivity index (χ1v) is 9.29. The van der Waals surface area contributed by atoms with Gasteiger partial charge in [0.1, 0.15) is 0 Å². The number of carbonyl (C=O) groups is 2. The lowest BCUT2D eigenvalue weighted by Crippen LogP contribution is -2.34. The first-order valence-electron chi connectivity index (χ1n) is 8.41. The van der Waals surface area contributed by atoms with Crippen molar-refractivity contribution < 1.29 is 9.59 Å². The number of Topliss-reactive ketones (excluding diaryl/α,β-unsaturated/α-hetero) is 1. The summed E-state index contributed by atoms with van der Waals surface area (Å²) < 4.78 is 0. The molecule has 0 saturated carbocycles. The van der Waals surface area contributed by atoms with Crippen LogP contribution in [0.2, 0.25) is 0 Å². The molecule has 1 aliphatic heterocycles. The molecule has 1 aliphatic rings. The van der Waals surface area contributed by atoms with E-state index < -0.39 is 0 Å². The molecule has 1 N–H and O–H groups in total. The molecule has 0 spiro atoms. The Morgan fingerprint density at radius 3 is 2.71 bits per heavy atom. The van der Waals surface area contributed by atoms with E-state index in [9.17, 15) is 9.59 Å². The molecule has 2 aromatic heterocycles. The number of aryl methyl sites for hydroxylation is 2. The van der Waals surface area contributed by atoms with Gasteiger partial charge in [0.2, 0.25) is 0 Å². The summed E-state index contributed by atoms with van der Waals surface area (Å²) in [6.45, 7) is 6.29. The third kappa shape index (κ3) is 3.15. The lowest BCUT2D eigenvalue weighted by atomic mass is 9.98. The predicted molar refractivity (Wildman–Crippen MR) is 94.6 cm³/mol. The summed E-state index contributed by atoms with van der Waals surface area (Å²) in [7, 11) is 0. The smallest absolute Gasteiger partial charge is 0.264 e. The van der Waals surface area contributed by atoms with Crippen molar-refractivity contribution >= 4 is 23.0 Å². The third-order valence-corrected chi connectivity index (χ3v) is 5.67. The summed E-state index contributed by atoms with van der Waals surface area (Å²) in [4.78, 5) is 27.3. The number of aromatic amines is 1. The average Bonchev–Trinajstić information content (AvgIpc) is 3.08. The minimum Gasteiger partial charge on any atom is -0.331 e. The van der Waals surface area contributed by atoms with Crippen LogP contribution in [0.1, 0.15) is 75.6 Å². The molecule has 3 heterocycles. The number of aromatic nitrogens is 2. The maximum Gasteiger partial charge on any atom is 0.264 e. The summed E-state index contributed by atoms with van der Waals surface area (Å²) in [5.74, 6) is 0.0265. The van der Waals surface area contributed by atoms with E-state index in [1.54, 1.807) is 11.4 Å². The van der Waals surface area contributed by atoms with Gasteiger partial charge in [0.15, 0.2) is 5.78 Å². The molecular formula is C18H23N3O2S. The van der Waals surface area contributed by atoms with E-state index in [2.05, 4.69) is 10.2 Å². The van der Waals surface area contributed by atoms with Gasteiger partial charge in [-0.15, -0.1) is 11.3 Å². The molecule has 0 aliphatic carbocycles. The summed E-state index contributed by atoms with van der Waals surface area (Å²) in [5, 5.41) is 9.13. The van der Waals surface area contributed by atoms with Crippen LogP contribution in [-0.4, -0.2) is 33.3 Å². The van der Waals surface area contributed by atoms with Crippen LogP contribution in [0.5, 0.6) is 0 Å². The third-order valence-electron chi connectivity index (χ3n) is 4.75. The van der Waals surface area contributed by atoms with E-state index in [1.165, 1.54) is 18.3 Å². The Labute approximate surface area is 146 Å². The molecule has 1 fully saturated rings. The minimum absolute atomic E-state index is 0.000704. The molecule has 6 heteroatoms. The Balaban J connectivity index is 1.95. The van der Waals surface area contributed by atoms with Gasteiger partial charge in [-0.05, 0) is 39.7 Å². The van der Waals surface area contributed by atoms with E-state index in [0.29, 0.717) is 10.4 Å². The van der Waals surface area contributed by atoms with E-state index in [1.807, 2.05) is 18.7 Å². The van der Waals surface area contributed by atoms with Gasteiger partial charge in [-0.3, -0.25) is 14.7 Å². The zero-order valence-corrected chi connectivity index (χ0v) is 15.2. The highest BCUT2D eigenvalue weighted by atomic mass is 32.1. The Kier molecular flexibility index (Phi) is 4.85. The van der Waals surface area contributed by atoms with Gasteiger partial charge < -0.3 is 4.90 Å². The number of H-pyrrole nitrogens is 1. The van der Waals surface area contributed by atoms with Crippen LogP contribution in [0.25, 0.3) is 0 Å². The summed E-state index contributed by atoms with van der Waals surface area (Å²) in [5.41, 5.74) is 3.76. The predicted octanol–water partition coefficient (Wildman–Crippen LogP) is 4.05. The first kappa shape index (κ1) is 16.9. The SMILES string of the molecule is CC(=O)c1csc(C(=O)N2CCCCC[C@H]2c2c(C)n[nH]c2C)c1. The van der Waals surface area contributed by atoms with Crippen LogP contribution in [0.15, 0.2) is 11.4 Å². The number of rotatable bonds is 3. The molecule has 5 nitrogen and oxygen atoms in total. The molecule has 2 aromatic rings. The number of ketones is 1. The first-order chi connectivity index (χ1) is 11.5. The molecule has 0 unspecified atom stereocenters. The largest absolute Gasteiger partial charge is 0.331 e. The van der Waals surface area contributed by atoms with Gasteiger partial charge in [0, 0.05) is 28.7 Å². The molecule has 24 heavy (non-hydrogen) atoms. The Hall–Kier alpha value is -1.95. The summed E-state index contributed by atoms with van der Waals surface area (Å²) in [6.07, 6.45) is 4.22. The average molecular weight is 345 g/mol. The van der Waals surface area contributed by atoms with Crippen molar-refractivity contribution in [2.75, 3.05) is 6.54 Å². The zero-order chi connectivity index (χ0) is 17.3. The van der Waals surface area contributed by atoms with Crippen LogP contribution in [-0.2, 0) is 0 Å². The van der Waals surface area contributed by atoms with Crippen LogP contribution in [0, 0.1) is 13.8 Å². The van der Waals surface area contributed by atoms with Gasteiger partial charge in [-0.1, -0.05) is 12.8 Å². The molecule has 0 radical (unpaired) electrons. The molecule has 1 atom stereocenters. The lowest BCUT2D eigenvalue weighted by Gasteiger charge is -2.30. The summed E-state index contributed by atoms with van der Waals surface area (Å²) >= 11 is 1.36. The van der Waals surface area contributed by atoms with Crippen molar-refractivity contribution in [3.8, 4) is 0 Å². The van der Waals surface area contributed by atoms with E-state index in [0.717, 1.165) is 49.2 Å². The monoisotopic (exact) mass is 345 g/mol. The maximum atomic E-state index is 13.1. The van der Waals surface area contributed by atoms with Crippen molar-refractivity contribution in [2.45, 2.75) is 52.5 Å². The van der Waals surface area contributed by atoms with Crippen LogP contribution in [0.3, 0.4) is 0 Å². The topological polar surface area (TPSA) is 66.1 Å². The zero-order valence-electron chi connectivity index (χ0n) is 14.4. The van der Waals surface area contributed by atoms with Crippen molar-refractivity contribution in [1.82, 2.24) is 15.1 Å². The number of hydrogen-bond acceptors (Lipinski definition) is 4. The van der Waals surface area contributed by atoms with E-state index >= 15 is 0 Å². The van der Waals surface area contributed by atoms with Crippen LogP contribution < -0.4 is 0 Å². The highest BCUT2D eigenvalue weighted by molar-refractivity contribution is 7.12. The second-order valence-corrected chi connectivity index (χ2v) is 7.38. The van der Waals surface area contributed by atoms with Gasteiger partial charge >= 0.3 is 0 Å². The molecule has 3 rings (SSSR count). The van der Waals surface area contributed by atoms with Gasteiger partial charge in [-0.25, -0.2) is 0 Å². The van der Waals surface area contributed by atoms with E-state index in [-0.39, 0.29) is 17.7 Å². The number of nitrogens with zero attached hydrogens (tertiary/aromatic N) is 2. The summed E-state index contributed by atoms with van der Waals surface area (Å²) in [6, 6.07) is 1.79. The number of likely N-dealkylation sites (tertiary alicyclic amines) is 1. The fraction of sp³-hybridized carbons (Fsp3) is 0.500. The quantitative estimate of drug-likeness (QED) is 0.854. The van der Waals surface area contributed by atoms with Crippen molar-refractivity contribution in [3.05, 3.63) is 38.8 Å². The van der Waals surface area contributed by atoms with Gasteiger partial charge in [0.25, 0.3) is 5.91 Å².